The Morgan fingerprint density at radius 1 is 1.13 bits per heavy atom. The fraction of sp³-hybridized carbons (Fsp3) is 0.278. The Labute approximate surface area is 134 Å². The summed E-state index contributed by atoms with van der Waals surface area (Å²) in [5, 5.41) is 9.86. The Bertz CT molecular complexity index is 657. The lowest BCUT2D eigenvalue weighted by molar-refractivity contribution is 0.00463. The van der Waals surface area contributed by atoms with Crippen LogP contribution in [0.15, 0.2) is 48.5 Å². The molecule has 122 valence electrons. The van der Waals surface area contributed by atoms with Crippen molar-refractivity contribution in [3.05, 3.63) is 65.5 Å². The van der Waals surface area contributed by atoms with E-state index in [1.54, 1.807) is 42.5 Å². The first kappa shape index (κ1) is 17.1. The second-order valence-electron chi connectivity index (χ2n) is 5.12. The van der Waals surface area contributed by atoms with Crippen LogP contribution in [0.1, 0.15) is 22.8 Å². The van der Waals surface area contributed by atoms with Crippen LogP contribution in [0, 0.1) is 5.82 Å². The molecule has 2 aromatic rings. The lowest BCUT2D eigenvalue weighted by Gasteiger charge is -2.14. The SMILES string of the molecule is CC(=O)c1ccccc1OCC(O)COCc1ccccc1F. The number of hydrogen-bond donors (Lipinski definition) is 1. The number of ketones is 1. The molecule has 0 fully saturated rings. The highest BCUT2D eigenvalue weighted by Crippen LogP contribution is 2.18. The van der Waals surface area contributed by atoms with Crippen LogP contribution < -0.4 is 4.74 Å². The number of Topliss-reactive ketones (excluding diaryl/α,β-unsaturated/α-hetero) is 1. The summed E-state index contributed by atoms with van der Waals surface area (Å²) in [7, 11) is 0. The molecule has 0 aromatic heterocycles. The summed E-state index contributed by atoms with van der Waals surface area (Å²) in [5.74, 6) is -0.0207. The van der Waals surface area contributed by atoms with E-state index in [1.165, 1.54) is 13.0 Å². The third-order valence-corrected chi connectivity index (χ3v) is 3.22. The molecule has 1 N–H and O–H groups in total. The smallest absolute Gasteiger partial charge is 0.163 e. The minimum Gasteiger partial charge on any atom is -0.490 e. The van der Waals surface area contributed by atoms with Crippen molar-refractivity contribution in [2.75, 3.05) is 13.2 Å². The third-order valence-electron chi connectivity index (χ3n) is 3.22. The van der Waals surface area contributed by atoms with Crippen molar-refractivity contribution < 1.29 is 23.8 Å². The molecule has 0 aliphatic rings. The molecule has 4 nitrogen and oxygen atoms in total. The standard InChI is InChI=1S/C18H19FO4/c1-13(20)16-7-3-5-9-18(16)23-12-15(21)11-22-10-14-6-2-4-8-17(14)19/h2-9,15,21H,10-12H2,1H3. The van der Waals surface area contributed by atoms with E-state index in [9.17, 15) is 14.3 Å². The highest BCUT2D eigenvalue weighted by Gasteiger charge is 2.11. The molecular weight excluding hydrogens is 299 g/mol. The number of para-hydroxylation sites is 1. The average molecular weight is 318 g/mol. The molecule has 2 aromatic carbocycles. The van der Waals surface area contributed by atoms with Gasteiger partial charge in [0.25, 0.3) is 0 Å². The Kier molecular flexibility index (Phi) is 6.26. The van der Waals surface area contributed by atoms with Gasteiger partial charge >= 0.3 is 0 Å². The Morgan fingerprint density at radius 2 is 1.83 bits per heavy atom. The van der Waals surface area contributed by atoms with Crippen molar-refractivity contribution in [2.45, 2.75) is 19.6 Å². The molecule has 5 heteroatoms. The molecule has 0 saturated carbocycles. The number of carbonyl (C=O) groups is 1. The Hall–Kier alpha value is -2.24. The number of hydrogen-bond acceptors (Lipinski definition) is 4. The van der Waals surface area contributed by atoms with E-state index in [0.717, 1.165) is 0 Å². The van der Waals surface area contributed by atoms with Gasteiger partial charge in [-0.15, -0.1) is 0 Å². The van der Waals surface area contributed by atoms with Crippen molar-refractivity contribution in [2.24, 2.45) is 0 Å². The normalized spacial score (nSPS) is 12.0. The molecule has 0 aliphatic carbocycles. The van der Waals surface area contributed by atoms with Crippen LogP contribution >= 0.6 is 0 Å². The van der Waals surface area contributed by atoms with Crippen LogP contribution in [-0.4, -0.2) is 30.2 Å². The van der Waals surface area contributed by atoms with Gasteiger partial charge in [-0.25, -0.2) is 4.39 Å². The van der Waals surface area contributed by atoms with Crippen LogP contribution in [0.4, 0.5) is 4.39 Å². The zero-order chi connectivity index (χ0) is 16.7. The first-order valence-electron chi connectivity index (χ1n) is 7.30. The number of benzene rings is 2. The maximum absolute atomic E-state index is 13.4. The van der Waals surface area contributed by atoms with Crippen LogP contribution in [0.3, 0.4) is 0 Å². The molecular formula is C18H19FO4. The topological polar surface area (TPSA) is 55.8 Å². The van der Waals surface area contributed by atoms with Gasteiger partial charge in [0.05, 0.1) is 18.8 Å². The van der Waals surface area contributed by atoms with Gasteiger partial charge in [0, 0.05) is 5.56 Å². The van der Waals surface area contributed by atoms with Gasteiger partial charge in [0.1, 0.15) is 24.3 Å². The van der Waals surface area contributed by atoms with E-state index in [0.29, 0.717) is 16.9 Å². The van der Waals surface area contributed by atoms with Crippen molar-refractivity contribution in [1.29, 1.82) is 0 Å². The monoisotopic (exact) mass is 318 g/mol. The second-order valence-corrected chi connectivity index (χ2v) is 5.12. The van der Waals surface area contributed by atoms with E-state index in [2.05, 4.69) is 0 Å². The zero-order valence-electron chi connectivity index (χ0n) is 12.9. The summed E-state index contributed by atoms with van der Waals surface area (Å²) in [4.78, 5) is 11.5. The van der Waals surface area contributed by atoms with Gasteiger partial charge in [-0.05, 0) is 25.1 Å². The highest BCUT2D eigenvalue weighted by molar-refractivity contribution is 5.96. The molecule has 0 heterocycles. The molecule has 0 aliphatic heterocycles. The summed E-state index contributed by atoms with van der Waals surface area (Å²) in [6, 6.07) is 13.1. The first-order valence-corrected chi connectivity index (χ1v) is 7.30. The quantitative estimate of drug-likeness (QED) is 0.760. The predicted molar refractivity (Wildman–Crippen MR) is 84.0 cm³/mol. The van der Waals surface area contributed by atoms with E-state index in [1.807, 2.05) is 0 Å². The van der Waals surface area contributed by atoms with Crippen molar-refractivity contribution in [3.8, 4) is 5.75 Å². The zero-order valence-corrected chi connectivity index (χ0v) is 12.9. The number of halogens is 1. The molecule has 0 saturated heterocycles. The molecule has 1 unspecified atom stereocenters. The van der Waals surface area contributed by atoms with Gasteiger partial charge < -0.3 is 14.6 Å². The largest absolute Gasteiger partial charge is 0.490 e. The summed E-state index contributed by atoms with van der Waals surface area (Å²) in [6.07, 6.45) is -0.873. The van der Waals surface area contributed by atoms with Gasteiger partial charge in [0.2, 0.25) is 0 Å². The fourth-order valence-corrected chi connectivity index (χ4v) is 2.04. The molecule has 2 rings (SSSR count). The van der Waals surface area contributed by atoms with Gasteiger partial charge in [0.15, 0.2) is 5.78 Å². The lowest BCUT2D eigenvalue weighted by atomic mass is 10.1. The number of ether oxygens (including phenoxy) is 2. The summed E-state index contributed by atoms with van der Waals surface area (Å²) < 4.78 is 24.2. The van der Waals surface area contributed by atoms with E-state index in [-0.39, 0.29) is 31.4 Å². The van der Waals surface area contributed by atoms with E-state index in [4.69, 9.17) is 9.47 Å². The van der Waals surface area contributed by atoms with Crippen LogP contribution in [0.5, 0.6) is 5.75 Å². The van der Waals surface area contributed by atoms with Gasteiger partial charge in [-0.2, -0.15) is 0 Å². The molecule has 0 radical (unpaired) electrons. The van der Waals surface area contributed by atoms with Crippen LogP contribution in [0.25, 0.3) is 0 Å². The Balaban J connectivity index is 1.79. The molecule has 0 amide bonds. The first-order chi connectivity index (χ1) is 11.1. The third kappa shape index (κ3) is 5.16. The highest BCUT2D eigenvalue weighted by atomic mass is 19.1. The van der Waals surface area contributed by atoms with Gasteiger partial charge in [-0.1, -0.05) is 30.3 Å². The van der Waals surface area contributed by atoms with Gasteiger partial charge in [-0.3, -0.25) is 4.79 Å². The molecule has 0 spiro atoms. The van der Waals surface area contributed by atoms with Crippen molar-refractivity contribution in [3.63, 3.8) is 0 Å². The predicted octanol–water partition coefficient (Wildman–Crippen LogP) is 2.98. The minimum absolute atomic E-state index is 0.0105. The number of aliphatic hydroxyl groups is 1. The summed E-state index contributed by atoms with van der Waals surface area (Å²) in [5.41, 5.74) is 0.898. The summed E-state index contributed by atoms with van der Waals surface area (Å²) in [6.45, 7) is 1.53. The average Bonchev–Trinajstić information content (AvgIpc) is 2.55. The molecule has 1 atom stereocenters. The lowest BCUT2D eigenvalue weighted by Crippen LogP contribution is -2.24. The van der Waals surface area contributed by atoms with Crippen LogP contribution in [-0.2, 0) is 11.3 Å². The van der Waals surface area contributed by atoms with Crippen molar-refractivity contribution >= 4 is 5.78 Å². The fourth-order valence-electron chi connectivity index (χ4n) is 2.04. The molecule has 23 heavy (non-hydrogen) atoms. The maximum Gasteiger partial charge on any atom is 0.163 e. The number of carbonyl (C=O) groups excluding carboxylic acids is 1. The maximum atomic E-state index is 13.4. The van der Waals surface area contributed by atoms with Crippen LogP contribution in [0.2, 0.25) is 0 Å². The van der Waals surface area contributed by atoms with Crippen molar-refractivity contribution in [1.82, 2.24) is 0 Å². The van der Waals surface area contributed by atoms with E-state index < -0.39 is 6.10 Å². The number of rotatable bonds is 8. The Morgan fingerprint density at radius 3 is 2.57 bits per heavy atom. The second kappa shape index (κ2) is 8.41. The minimum atomic E-state index is -0.873. The van der Waals surface area contributed by atoms with E-state index >= 15 is 0 Å². The number of aliphatic hydroxyl groups excluding tert-OH is 1. The molecule has 0 bridgehead atoms. The summed E-state index contributed by atoms with van der Waals surface area (Å²) >= 11 is 0.